The molecule has 0 aliphatic rings. The molecule has 0 saturated heterocycles. The van der Waals surface area contributed by atoms with Gasteiger partial charge >= 0.3 is 0 Å². The first kappa shape index (κ1) is 10.8. The zero-order valence-electron chi connectivity index (χ0n) is 7.94. The second kappa shape index (κ2) is 3.85. The Morgan fingerprint density at radius 3 is 2.71 bits per heavy atom. The summed E-state index contributed by atoms with van der Waals surface area (Å²) in [6.07, 6.45) is 0. The summed E-state index contributed by atoms with van der Waals surface area (Å²) in [6, 6.07) is 6.19. The van der Waals surface area contributed by atoms with Crippen LogP contribution in [-0.4, -0.2) is 5.54 Å². The van der Waals surface area contributed by atoms with Crippen molar-refractivity contribution in [1.82, 2.24) is 0 Å². The summed E-state index contributed by atoms with van der Waals surface area (Å²) >= 11 is 5.70. The zero-order chi connectivity index (χ0) is 10.8. The third-order valence-electron chi connectivity index (χ3n) is 1.66. The summed E-state index contributed by atoms with van der Waals surface area (Å²) in [7, 11) is 0. The largest absolute Gasteiger partial charge is 0.365 e. The van der Waals surface area contributed by atoms with Gasteiger partial charge < -0.3 is 5.32 Å². The van der Waals surface area contributed by atoms with Crippen LogP contribution in [0.2, 0.25) is 5.02 Å². The van der Waals surface area contributed by atoms with Crippen molar-refractivity contribution in [2.75, 3.05) is 5.32 Å². The number of anilines is 1. The highest BCUT2D eigenvalue weighted by atomic mass is 35.5. The average Bonchev–Trinajstić information content (AvgIpc) is 2.11. The quantitative estimate of drug-likeness (QED) is 0.817. The maximum Gasteiger partial charge on any atom is 0.146 e. The fraction of sp³-hybridized carbons (Fsp3) is 0.300. The Hall–Kier alpha value is -1.27. The second-order valence-electron chi connectivity index (χ2n) is 3.49. The van der Waals surface area contributed by atoms with Crippen molar-refractivity contribution in [3.8, 4) is 6.07 Å². The number of hydrogen-bond acceptors (Lipinski definition) is 2. The summed E-state index contributed by atoms with van der Waals surface area (Å²) in [5.74, 6) is -0.419. The van der Waals surface area contributed by atoms with E-state index in [-0.39, 0.29) is 5.69 Å². The summed E-state index contributed by atoms with van der Waals surface area (Å²) < 4.78 is 13.2. The van der Waals surface area contributed by atoms with Gasteiger partial charge in [0.2, 0.25) is 0 Å². The lowest BCUT2D eigenvalue weighted by Gasteiger charge is -2.19. The molecule has 74 valence electrons. The van der Waals surface area contributed by atoms with Crippen molar-refractivity contribution < 1.29 is 4.39 Å². The van der Waals surface area contributed by atoms with Crippen LogP contribution in [0.25, 0.3) is 0 Å². The minimum Gasteiger partial charge on any atom is -0.365 e. The lowest BCUT2D eigenvalue weighted by atomic mass is 10.1. The molecule has 14 heavy (non-hydrogen) atoms. The van der Waals surface area contributed by atoms with E-state index in [1.165, 1.54) is 18.2 Å². The monoisotopic (exact) mass is 212 g/mol. The molecule has 4 heteroatoms. The molecule has 0 aliphatic carbocycles. The van der Waals surface area contributed by atoms with Crippen LogP contribution in [-0.2, 0) is 0 Å². The molecular formula is C10H10ClFN2. The molecule has 1 aromatic carbocycles. The maximum absolute atomic E-state index is 13.2. The minimum atomic E-state index is -0.814. The molecule has 0 saturated carbocycles. The first-order chi connectivity index (χ1) is 6.44. The standard InChI is InChI=1S/C10H10ClFN2/c1-10(2,6-13)14-9-5-7(11)3-4-8(9)12/h3-5,14H,1-2H3. The van der Waals surface area contributed by atoms with Gasteiger partial charge in [-0.25, -0.2) is 4.39 Å². The third-order valence-corrected chi connectivity index (χ3v) is 1.89. The maximum atomic E-state index is 13.2. The van der Waals surface area contributed by atoms with E-state index in [0.717, 1.165) is 0 Å². The third kappa shape index (κ3) is 2.61. The van der Waals surface area contributed by atoms with Crippen LogP contribution in [0.5, 0.6) is 0 Å². The van der Waals surface area contributed by atoms with Gasteiger partial charge in [0.25, 0.3) is 0 Å². The Kier molecular flexibility index (Phi) is 2.97. The van der Waals surface area contributed by atoms with Gasteiger partial charge in [-0.05, 0) is 32.0 Å². The molecular weight excluding hydrogens is 203 g/mol. The van der Waals surface area contributed by atoms with Gasteiger partial charge in [0.1, 0.15) is 11.4 Å². The molecule has 0 heterocycles. The zero-order valence-corrected chi connectivity index (χ0v) is 8.69. The van der Waals surface area contributed by atoms with Crippen LogP contribution in [0.15, 0.2) is 18.2 Å². The van der Waals surface area contributed by atoms with Crippen molar-refractivity contribution in [2.45, 2.75) is 19.4 Å². The van der Waals surface area contributed by atoms with Crippen molar-refractivity contribution in [3.05, 3.63) is 29.0 Å². The molecule has 0 atom stereocenters. The normalized spacial score (nSPS) is 10.8. The van der Waals surface area contributed by atoms with Crippen LogP contribution in [0.4, 0.5) is 10.1 Å². The fourth-order valence-electron chi connectivity index (χ4n) is 0.958. The summed E-state index contributed by atoms with van der Waals surface area (Å²) in [6.45, 7) is 3.32. The van der Waals surface area contributed by atoms with Crippen LogP contribution in [0.3, 0.4) is 0 Å². The number of hydrogen-bond donors (Lipinski definition) is 1. The van der Waals surface area contributed by atoms with E-state index in [9.17, 15) is 4.39 Å². The lowest BCUT2D eigenvalue weighted by Crippen LogP contribution is -2.28. The molecule has 2 nitrogen and oxygen atoms in total. The van der Waals surface area contributed by atoms with Crippen molar-refractivity contribution in [3.63, 3.8) is 0 Å². The van der Waals surface area contributed by atoms with E-state index in [1.807, 2.05) is 6.07 Å². The van der Waals surface area contributed by atoms with Gasteiger partial charge in [-0.3, -0.25) is 0 Å². The lowest BCUT2D eigenvalue weighted by molar-refractivity contribution is 0.620. The number of benzene rings is 1. The molecule has 0 bridgehead atoms. The first-order valence-electron chi connectivity index (χ1n) is 4.09. The van der Waals surface area contributed by atoms with Crippen molar-refractivity contribution in [1.29, 1.82) is 5.26 Å². The smallest absolute Gasteiger partial charge is 0.146 e. The first-order valence-corrected chi connectivity index (χ1v) is 4.47. The Labute approximate surface area is 87.3 Å². The van der Waals surface area contributed by atoms with Crippen LogP contribution in [0.1, 0.15) is 13.8 Å². The van der Waals surface area contributed by atoms with Gasteiger partial charge in [0.05, 0.1) is 11.8 Å². The molecule has 1 aromatic rings. The Balaban J connectivity index is 2.98. The highest BCUT2D eigenvalue weighted by molar-refractivity contribution is 6.30. The predicted molar refractivity (Wildman–Crippen MR) is 54.7 cm³/mol. The fourth-order valence-corrected chi connectivity index (χ4v) is 1.13. The molecule has 1 rings (SSSR count). The highest BCUT2D eigenvalue weighted by Gasteiger charge is 2.17. The highest BCUT2D eigenvalue weighted by Crippen LogP contribution is 2.22. The van der Waals surface area contributed by atoms with Crippen molar-refractivity contribution >= 4 is 17.3 Å². The minimum absolute atomic E-state index is 0.240. The topological polar surface area (TPSA) is 35.8 Å². The van der Waals surface area contributed by atoms with Gasteiger partial charge in [-0.2, -0.15) is 5.26 Å². The van der Waals surface area contributed by atoms with Gasteiger partial charge in [0, 0.05) is 5.02 Å². The van der Waals surface area contributed by atoms with Gasteiger partial charge in [-0.1, -0.05) is 11.6 Å². The number of halogens is 2. The van der Waals surface area contributed by atoms with E-state index in [2.05, 4.69) is 5.32 Å². The van der Waals surface area contributed by atoms with Crippen LogP contribution < -0.4 is 5.32 Å². The van der Waals surface area contributed by atoms with E-state index in [4.69, 9.17) is 16.9 Å². The number of rotatable bonds is 2. The Bertz CT molecular complexity index is 382. The van der Waals surface area contributed by atoms with E-state index in [1.54, 1.807) is 13.8 Å². The number of nitrogens with one attached hydrogen (secondary N) is 1. The molecule has 0 aliphatic heterocycles. The molecule has 1 N–H and O–H groups in total. The van der Waals surface area contributed by atoms with Gasteiger partial charge in [0.15, 0.2) is 0 Å². The Morgan fingerprint density at radius 1 is 1.50 bits per heavy atom. The van der Waals surface area contributed by atoms with Gasteiger partial charge in [-0.15, -0.1) is 0 Å². The average molecular weight is 213 g/mol. The Morgan fingerprint density at radius 2 is 2.14 bits per heavy atom. The SMILES string of the molecule is CC(C)(C#N)Nc1cc(Cl)ccc1F. The number of nitriles is 1. The van der Waals surface area contributed by atoms with E-state index in [0.29, 0.717) is 5.02 Å². The number of nitrogens with zero attached hydrogens (tertiary/aromatic N) is 1. The summed E-state index contributed by atoms with van der Waals surface area (Å²) in [4.78, 5) is 0. The van der Waals surface area contributed by atoms with Crippen molar-refractivity contribution in [2.24, 2.45) is 0 Å². The summed E-state index contributed by atoms with van der Waals surface area (Å²) in [5.41, 5.74) is -0.574. The second-order valence-corrected chi connectivity index (χ2v) is 3.92. The van der Waals surface area contributed by atoms with Crippen LogP contribution >= 0.6 is 11.6 Å². The molecule has 0 amide bonds. The predicted octanol–water partition coefficient (Wildman–Crippen LogP) is 3.19. The molecule has 0 spiro atoms. The van der Waals surface area contributed by atoms with E-state index >= 15 is 0 Å². The summed E-state index contributed by atoms with van der Waals surface area (Å²) in [5, 5.41) is 11.9. The van der Waals surface area contributed by atoms with Crippen LogP contribution in [0, 0.1) is 17.1 Å². The molecule has 0 unspecified atom stereocenters. The van der Waals surface area contributed by atoms with E-state index < -0.39 is 11.4 Å². The molecule has 0 radical (unpaired) electrons. The molecule has 0 fully saturated rings. The molecule has 0 aromatic heterocycles.